The molecule has 0 unspecified atom stereocenters. The van der Waals surface area contributed by atoms with Crippen molar-refractivity contribution in [2.75, 3.05) is 5.73 Å². The number of benzene rings is 1. The van der Waals surface area contributed by atoms with E-state index in [0.29, 0.717) is 18.4 Å². The van der Waals surface area contributed by atoms with Crippen molar-refractivity contribution >= 4 is 17.7 Å². The molecule has 22 heavy (non-hydrogen) atoms. The maximum atomic E-state index is 12.3. The third-order valence-electron chi connectivity index (χ3n) is 3.26. The average Bonchev–Trinajstić information content (AvgIpc) is 2.89. The lowest BCUT2D eigenvalue weighted by Crippen LogP contribution is -2.41. The largest absolute Gasteiger partial charge is 0.480 e. The molecule has 1 atom stereocenters. The number of aromatic amines is 1. The van der Waals surface area contributed by atoms with Crippen molar-refractivity contribution in [1.82, 2.24) is 15.5 Å². The standard InChI is InChI=1S/C15H18N4O3/c1-2-6-10(15(21)22)17-14(20)12-11(13(16)19-18-12)9-7-4-3-5-8-9/h3-5,7-8,10H,2,6H2,1H3,(H,17,20)(H,21,22)(H3,16,18,19)/t10-/m1/s1. The summed E-state index contributed by atoms with van der Waals surface area (Å²) in [6, 6.07) is 8.16. The third-order valence-corrected chi connectivity index (χ3v) is 3.26. The van der Waals surface area contributed by atoms with E-state index in [4.69, 9.17) is 10.8 Å². The quantitative estimate of drug-likeness (QED) is 0.646. The molecule has 0 spiro atoms. The van der Waals surface area contributed by atoms with E-state index in [-0.39, 0.29) is 11.5 Å². The zero-order valence-corrected chi connectivity index (χ0v) is 12.2. The molecule has 0 fully saturated rings. The molecule has 0 saturated heterocycles. The summed E-state index contributed by atoms with van der Waals surface area (Å²) in [6.07, 6.45) is 0.999. The zero-order chi connectivity index (χ0) is 16.1. The Morgan fingerprint density at radius 2 is 2.05 bits per heavy atom. The number of nitrogen functional groups attached to an aromatic ring is 1. The van der Waals surface area contributed by atoms with Gasteiger partial charge in [-0.3, -0.25) is 9.89 Å². The maximum Gasteiger partial charge on any atom is 0.326 e. The highest BCUT2D eigenvalue weighted by molar-refractivity contribution is 6.02. The van der Waals surface area contributed by atoms with Gasteiger partial charge in [0, 0.05) is 0 Å². The van der Waals surface area contributed by atoms with Crippen LogP contribution in [0.15, 0.2) is 30.3 Å². The number of nitrogens with zero attached hydrogens (tertiary/aromatic N) is 1. The van der Waals surface area contributed by atoms with Crippen LogP contribution in [0.5, 0.6) is 0 Å². The summed E-state index contributed by atoms with van der Waals surface area (Å²) in [5.74, 6) is -1.41. The van der Waals surface area contributed by atoms with E-state index in [9.17, 15) is 9.59 Å². The van der Waals surface area contributed by atoms with Gasteiger partial charge in [0.15, 0.2) is 5.82 Å². The Morgan fingerprint density at radius 1 is 1.36 bits per heavy atom. The van der Waals surface area contributed by atoms with E-state index >= 15 is 0 Å². The summed E-state index contributed by atoms with van der Waals surface area (Å²) in [4.78, 5) is 23.5. The number of H-pyrrole nitrogens is 1. The summed E-state index contributed by atoms with van der Waals surface area (Å²) in [6.45, 7) is 1.85. The van der Waals surface area contributed by atoms with Gasteiger partial charge in [-0.05, 0) is 12.0 Å². The van der Waals surface area contributed by atoms with Crippen molar-refractivity contribution in [3.8, 4) is 11.1 Å². The summed E-state index contributed by atoms with van der Waals surface area (Å²) in [5, 5.41) is 18.1. The molecule has 2 rings (SSSR count). The summed E-state index contributed by atoms with van der Waals surface area (Å²) >= 11 is 0. The minimum atomic E-state index is -1.07. The van der Waals surface area contributed by atoms with Crippen LogP contribution >= 0.6 is 0 Å². The molecule has 0 radical (unpaired) electrons. The van der Waals surface area contributed by atoms with Gasteiger partial charge >= 0.3 is 5.97 Å². The van der Waals surface area contributed by atoms with Crippen LogP contribution in [-0.4, -0.2) is 33.2 Å². The Balaban J connectivity index is 2.30. The molecule has 0 aliphatic rings. The molecular weight excluding hydrogens is 284 g/mol. The second-order valence-corrected chi connectivity index (χ2v) is 4.88. The van der Waals surface area contributed by atoms with Crippen molar-refractivity contribution in [2.45, 2.75) is 25.8 Å². The molecule has 0 saturated carbocycles. The van der Waals surface area contributed by atoms with Crippen molar-refractivity contribution in [3.05, 3.63) is 36.0 Å². The third kappa shape index (κ3) is 3.25. The predicted molar refractivity (Wildman–Crippen MR) is 82.2 cm³/mol. The Kier molecular flexibility index (Phi) is 4.77. The lowest BCUT2D eigenvalue weighted by atomic mass is 10.0. The van der Waals surface area contributed by atoms with E-state index in [1.54, 1.807) is 12.1 Å². The van der Waals surface area contributed by atoms with Gasteiger partial charge < -0.3 is 16.2 Å². The number of carboxylic acid groups (broad SMARTS) is 1. The number of carbonyl (C=O) groups excluding carboxylic acids is 1. The van der Waals surface area contributed by atoms with Gasteiger partial charge in [0.2, 0.25) is 0 Å². The van der Waals surface area contributed by atoms with Crippen LogP contribution in [0.2, 0.25) is 0 Å². The lowest BCUT2D eigenvalue weighted by molar-refractivity contribution is -0.139. The van der Waals surface area contributed by atoms with Gasteiger partial charge in [-0.2, -0.15) is 5.10 Å². The van der Waals surface area contributed by atoms with Gasteiger partial charge in [-0.15, -0.1) is 0 Å². The van der Waals surface area contributed by atoms with Crippen molar-refractivity contribution in [3.63, 3.8) is 0 Å². The number of rotatable bonds is 6. The van der Waals surface area contributed by atoms with E-state index < -0.39 is 17.9 Å². The Bertz CT molecular complexity index is 667. The van der Waals surface area contributed by atoms with Crippen LogP contribution in [-0.2, 0) is 4.79 Å². The second kappa shape index (κ2) is 6.75. The molecular formula is C15H18N4O3. The summed E-state index contributed by atoms with van der Waals surface area (Å²) in [5.41, 5.74) is 7.19. The van der Waals surface area contributed by atoms with Gasteiger partial charge in [0.05, 0.1) is 5.56 Å². The van der Waals surface area contributed by atoms with Gasteiger partial charge in [0.25, 0.3) is 5.91 Å². The Morgan fingerprint density at radius 3 is 2.64 bits per heavy atom. The number of amides is 1. The highest BCUT2D eigenvalue weighted by atomic mass is 16.4. The van der Waals surface area contributed by atoms with Crippen LogP contribution in [0.25, 0.3) is 11.1 Å². The minimum Gasteiger partial charge on any atom is -0.480 e. The van der Waals surface area contributed by atoms with Gasteiger partial charge in [0.1, 0.15) is 11.7 Å². The zero-order valence-electron chi connectivity index (χ0n) is 12.2. The van der Waals surface area contributed by atoms with Crippen LogP contribution in [0.4, 0.5) is 5.82 Å². The number of hydrogen-bond donors (Lipinski definition) is 4. The molecule has 5 N–H and O–H groups in total. The van der Waals surface area contributed by atoms with Crippen molar-refractivity contribution < 1.29 is 14.7 Å². The molecule has 1 amide bonds. The second-order valence-electron chi connectivity index (χ2n) is 4.88. The molecule has 7 heteroatoms. The number of hydrogen-bond acceptors (Lipinski definition) is 4. The molecule has 0 aliphatic heterocycles. The first-order valence-corrected chi connectivity index (χ1v) is 6.97. The predicted octanol–water partition coefficient (Wildman–Crippen LogP) is 1.64. The van der Waals surface area contributed by atoms with Gasteiger partial charge in [-0.1, -0.05) is 43.7 Å². The topological polar surface area (TPSA) is 121 Å². The number of carboxylic acids is 1. The van der Waals surface area contributed by atoms with Crippen molar-refractivity contribution in [2.24, 2.45) is 0 Å². The van der Waals surface area contributed by atoms with Crippen LogP contribution < -0.4 is 11.1 Å². The minimum absolute atomic E-state index is 0.158. The first kappa shape index (κ1) is 15.6. The number of nitrogens with two attached hydrogens (primary N) is 1. The molecule has 116 valence electrons. The molecule has 7 nitrogen and oxygen atoms in total. The number of nitrogens with one attached hydrogen (secondary N) is 2. The lowest BCUT2D eigenvalue weighted by Gasteiger charge is -2.13. The Labute approximate surface area is 127 Å². The van der Waals surface area contributed by atoms with Crippen LogP contribution in [0, 0.1) is 0 Å². The summed E-state index contributed by atoms with van der Waals surface area (Å²) in [7, 11) is 0. The normalized spacial score (nSPS) is 11.9. The Hall–Kier alpha value is -2.83. The number of anilines is 1. The molecule has 0 aliphatic carbocycles. The smallest absolute Gasteiger partial charge is 0.326 e. The highest BCUT2D eigenvalue weighted by Crippen LogP contribution is 2.27. The van der Waals surface area contributed by atoms with E-state index in [1.165, 1.54) is 0 Å². The van der Waals surface area contributed by atoms with Crippen molar-refractivity contribution in [1.29, 1.82) is 0 Å². The number of carbonyl (C=O) groups is 2. The fraction of sp³-hybridized carbons (Fsp3) is 0.267. The van der Waals surface area contributed by atoms with E-state index in [0.717, 1.165) is 5.56 Å². The van der Waals surface area contributed by atoms with Crippen LogP contribution in [0.3, 0.4) is 0 Å². The SMILES string of the molecule is CCC[C@@H](NC(=O)c1[nH]nc(N)c1-c1ccccc1)C(=O)O. The number of aliphatic carboxylic acids is 1. The number of aromatic nitrogens is 2. The van der Waals surface area contributed by atoms with E-state index in [1.807, 2.05) is 25.1 Å². The maximum absolute atomic E-state index is 12.3. The first-order chi connectivity index (χ1) is 10.5. The molecule has 1 aromatic heterocycles. The molecule has 0 bridgehead atoms. The van der Waals surface area contributed by atoms with E-state index in [2.05, 4.69) is 15.5 Å². The monoisotopic (exact) mass is 302 g/mol. The average molecular weight is 302 g/mol. The molecule has 1 aromatic carbocycles. The highest BCUT2D eigenvalue weighted by Gasteiger charge is 2.24. The van der Waals surface area contributed by atoms with Crippen LogP contribution in [0.1, 0.15) is 30.3 Å². The molecule has 1 heterocycles. The molecule has 2 aromatic rings. The summed E-state index contributed by atoms with van der Waals surface area (Å²) < 4.78 is 0. The van der Waals surface area contributed by atoms with Gasteiger partial charge in [-0.25, -0.2) is 4.79 Å². The first-order valence-electron chi connectivity index (χ1n) is 6.97. The fourth-order valence-corrected chi connectivity index (χ4v) is 2.19. The fourth-order valence-electron chi connectivity index (χ4n) is 2.19.